The summed E-state index contributed by atoms with van der Waals surface area (Å²) < 4.78 is 27.4. The molecule has 0 radical (unpaired) electrons. The summed E-state index contributed by atoms with van der Waals surface area (Å²) in [7, 11) is -4.05. The van der Waals surface area contributed by atoms with Crippen LogP contribution in [0.4, 0.5) is 11.4 Å². The first kappa shape index (κ1) is 18.9. The largest absolute Gasteiger partial charge is 0.289 e. The summed E-state index contributed by atoms with van der Waals surface area (Å²) in [5.74, 6) is 0.751. The average Bonchev–Trinajstić information content (AvgIpc) is 2.68. The van der Waals surface area contributed by atoms with Gasteiger partial charge in [0.2, 0.25) is 0 Å². The van der Waals surface area contributed by atoms with Crippen LogP contribution in [0.1, 0.15) is 5.56 Å². The number of nitrogens with zero attached hydrogens (tertiary/aromatic N) is 1. The summed E-state index contributed by atoms with van der Waals surface area (Å²) in [5.41, 5.74) is 0.931. The maximum Gasteiger partial charge on any atom is 0.289 e. The summed E-state index contributed by atoms with van der Waals surface area (Å²) in [4.78, 5) is 11.1. The summed E-state index contributed by atoms with van der Waals surface area (Å²) >= 11 is 1.68. The van der Waals surface area contributed by atoms with Crippen molar-refractivity contribution in [2.45, 2.75) is 15.5 Å². The third kappa shape index (κ3) is 4.87. The number of nitro benzene ring substituents is 1. The van der Waals surface area contributed by atoms with Crippen LogP contribution in [0.2, 0.25) is 0 Å². The molecule has 8 heteroatoms. The van der Waals surface area contributed by atoms with Gasteiger partial charge in [-0.3, -0.25) is 14.8 Å². The molecule has 3 aromatic carbocycles. The molecule has 0 spiro atoms. The molecule has 0 aromatic heterocycles. The van der Waals surface area contributed by atoms with Gasteiger partial charge < -0.3 is 0 Å². The van der Waals surface area contributed by atoms with Gasteiger partial charge >= 0.3 is 0 Å². The van der Waals surface area contributed by atoms with Crippen LogP contribution in [-0.4, -0.2) is 13.3 Å². The minimum absolute atomic E-state index is 0.349. The standard InChI is InChI=1S/C19H16N2O4S2/c22-21(23)18-8-4-5-9-19(18)27(24,25)20-16-12-10-15(11-13-16)14-26-17-6-2-1-3-7-17/h1-13,20H,14H2. The number of benzene rings is 3. The Balaban J connectivity index is 1.72. The third-order valence-electron chi connectivity index (χ3n) is 3.71. The Morgan fingerprint density at radius 2 is 1.52 bits per heavy atom. The number of hydrogen-bond acceptors (Lipinski definition) is 5. The Bertz CT molecular complexity index is 1040. The van der Waals surface area contributed by atoms with E-state index in [4.69, 9.17) is 0 Å². The number of nitro groups is 1. The van der Waals surface area contributed by atoms with E-state index in [2.05, 4.69) is 4.72 Å². The monoisotopic (exact) mass is 400 g/mol. The fourth-order valence-electron chi connectivity index (χ4n) is 2.40. The topological polar surface area (TPSA) is 89.3 Å². The summed E-state index contributed by atoms with van der Waals surface area (Å²) in [5, 5.41) is 11.1. The third-order valence-corrected chi connectivity index (χ3v) is 6.22. The molecule has 0 unspecified atom stereocenters. The Hall–Kier alpha value is -2.84. The molecule has 0 bridgehead atoms. The first-order valence-corrected chi connectivity index (χ1v) is 10.5. The number of nitrogens with one attached hydrogen (secondary N) is 1. The van der Waals surface area contributed by atoms with Crippen LogP contribution in [0, 0.1) is 10.1 Å². The van der Waals surface area contributed by atoms with E-state index in [1.807, 2.05) is 42.5 Å². The second-order valence-corrected chi connectivity index (χ2v) is 8.33. The fraction of sp³-hybridized carbons (Fsp3) is 0.0526. The molecular weight excluding hydrogens is 384 g/mol. The van der Waals surface area contributed by atoms with Crippen LogP contribution in [0.3, 0.4) is 0 Å². The fourth-order valence-corrected chi connectivity index (χ4v) is 4.51. The summed E-state index contributed by atoms with van der Waals surface area (Å²) in [6.07, 6.45) is 0. The lowest BCUT2D eigenvalue weighted by molar-refractivity contribution is -0.387. The highest BCUT2D eigenvalue weighted by atomic mass is 32.2. The molecule has 0 saturated carbocycles. The minimum atomic E-state index is -4.05. The lowest BCUT2D eigenvalue weighted by Crippen LogP contribution is -2.14. The number of hydrogen-bond donors (Lipinski definition) is 1. The van der Waals surface area contributed by atoms with Crippen molar-refractivity contribution in [2.24, 2.45) is 0 Å². The number of rotatable bonds is 7. The molecule has 0 aliphatic carbocycles. The van der Waals surface area contributed by atoms with E-state index >= 15 is 0 Å². The van der Waals surface area contributed by atoms with Crippen LogP contribution in [-0.2, 0) is 15.8 Å². The molecule has 0 amide bonds. The Labute approximate surface area is 161 Å². The van der Waals surface area contributed by atoms with E-state index in [1.165, 1.54) is 24.3 Å². The van der Waals surface area contributed by atoms with Crippen LogP contribution in [0.15, 0.2) is 88.7 Å². The van der Waals surface area contributed by atoms with Crippen molar-refractivity contribution in [2.75, 3.05) is 4.72 Å². The normalized spacial score (nSPS) is 11.1. The molecular formula is C19H16N2O4S2. The Morgan fingerprint density at radius 3 is 2.19 bits per heavy atom. The maximum absolute atomic E-state index is 12.5. The molecule has 0 aliphatic rings. The summed E-state index contributed by atoms with van der Waals surface area (Å²) in [6, 6.07) is 22.2. The molecule has 0 atom stereocenters. The van der Waals surface area contributed by atoms with Crippen LogP contribution in [0.5, 0.6) is 0 Å². The van der Waals surface area contributed by atoms with E-state index in [0.717, 1.165) is 16.2 Å². The number of para-hydroxylation sites is 1. The summed E-state index contributed by atoms with van der Waals surface area (Å²) in [6.45, 7) is 0. The van der Waals surface area contributed by atoms with E-state index in [9.17, 15) is 18.5 Å². The van der Waals surface area contributed by atoms with Crippen molar-refractivity contribution in [3.63, 3.8) is 0 Å². The SMILES string of the molecule is O=[N+]([O-])c1ccccc1S(=O)(=O)Nc1ccc(CSc2ccccc2)cc1. The van der Waals surface area contributed by atoms with Gasteiger partial charge in [0.1, 0.15) is 0 Å². The first-order valence-electron chi connectivity index (χ1n) is 7.99. The number of sulfonamides is 1. The first-order chi connectivity index (χ1) is 13.0. The molecule has 0 saturated heterocycles. The van der Waals surface area contributed by atoms with Gasteiger partial charge in [-0.25, -0.2) is 8.42 Å². The lowest BCUT2D eigenvalue weighted by Gasteiger charge is -2.09. The van der Waals surface area contributed by atoms with Crippen LogP contribution in [0.25, 0.3) is 0 Å². The molecule has 1 N–H and O–H groups in total. The van der Waals surface area contributed by atoms with Gasteiger partial charge in [-0.05, 0) is 35.9 Å². The smallest absolute Gasteiger partial charge is 0.279 e. The zero-order valence-corrected chi connectivity index (χ0v) is 15.7. The Kier molecular flexibility index (Phi) is 5.78. The molecule has 0 aliphatic heterocycles. The van der Waals surface area contributed by atoms with Gasteiger partial charge in [0.15, 0.2) is 4.90 Å². The van der Waals surface area contributed by atoms with Gasteiger partial charge in [-0.1, -0.05) is 42.5 Å². The zero-order chi connectivity index (χ0) is 19.3. The predicted molar refractivity (Wildman–Crippen MR) is 106 cm³/mol. The lowest BCUT2D eigenvalue weighted by atomic mass is 10.2. The molecule has 0 fully saturated rings. The highest BCUT2D eigenvalue weighted by Gasteiger charge is 2.25. The van der Waals surface area contributed by atoms with E-state index in [0.29, 0.717) is 5.69 Å². The van der Waals surface area contributed by atoms with Crippen LogP contribution < -0.4 is 4.72 Å². The number of thioether (sulfide) groups is 1. The minimum Gasteiger partial charge on any atom is -0.279 e. The van der Waals surface area contributed by atoms with Crippen molar-refractivity contribution in [3.05, 3.63) is 94.5 Å². The average molecular weight is 400 g/mol. The van der Waals surface area contributed by atoms with Crippen molar-refractivity contribution >= 4 is 33.2 Å². The molecule has 138 valence electrons. The molecule has 3 aromatic rings. The van der Waals surface area contributed by atoms with E-state index < -0.39 is 20.6 Å². The zero-order valence-electron chi connectivity index (χ0n) is 14.1. The second kappa shape index (κ2) is 8.24. The van der Waals surface area contributed by atoms with Crippen molar-refractivity contribution in [3.8, 4) is 0 Å². The molecule has 3 rings (SSSR count). The van der Waals surface area contributed by atoms with Gasteiger partial charge in [0.05, 0.1) is 4.92 Å². The van der Waals surface area contributed by atoms with Crippen LogP contribution >= 0.6 is 11.8 Å². The molecule has 27 heavy (non-hydrogen) atoms. The second-order valence-electron chi connectivity index (χ2n) is 5.63. The van der Waals surface area contributed by atoms with Crippen molar-refractivity contribution < 1.29 is 13.3 Å². The van der Waals surface area contributed by atoms with E-state index in [1.54, 1.807) is 23.9 Å². The van der Waals surface area contributed by atoms with Gasteiger partial charge in [-0.2, -0.15) is 0 Å². The predicted octanol–water partition coefficient (Wildman–Crippen LogP) is 4.69. The van der Waals surface area contributed by atoms with Crippen molar-refractivity contribution in [1.82, 2.24) is 0 Å². The highest BCUT2D eigenvalue weighted by Crippen LogP contribution is 2.26. The van der Waals surface area contributed by atoms with Crippen molar-refractivity contribution in [1.29, 1.82) is 0 Å². The highest BCUT2D eigenvalue weighted by molar-refractivity contribution is 7.98. The van der Waals surface area contributed by atoms with Gasteiger partial charge in [-0.15, -0.1) is 11.8 Å². The molecule has 0 heterocycles. The molecule has 6 nitrogen and oxygen atoms in total. The van der Waals surface area contributed by atoms with E-state index in [-0.39, 0.29) is 4.90 Å². The van der Waals surface area contributed by atoms with Gasteiger partial charge in [0, 0.05) is 22.4 Å². The van der Waals surface area contributed by atoms with Gasteiger partial charge in [0.25, 0.3) is 15.7 Å². The maximum atomic E-state index is 12.5. The quantitative estimate of drug-likeness (QED) is 0.353. The Morgan fingerprint density at radius 1 is 0.889 bits per heavy atom. The number of anilines is 1.